The number of imidazole rings is 1. The van der Waals surface area contributed by atoms with E-state index in [1.165, 1.54) is 0 Å². The van der Waals surface area contributed by atoms with Crippen LogP contribution < -0.4 is 16.4 Å². The minimum absolute atomic E-state index is 0.244. The Hall–Kier alpha value is -2.79. The summed E-state index contributed by atoms with van der Waals surface area (Å²) in [6.45, 7) is 4.37. The molecule has 1 aromatic heterocycles. The van der Waals surface area contributed by atoms with Crippen LogP contribution in [0.5, 0.6) is 0 Å². The summed E-state index contributed by atoms with van der Waals surface area (Å²) in [6.07, 6.45) is 0.327. The predicted octanol–water partition coefficient (Wildman–Crippen LogP) is 0.819. The van der Waals surface area contributed by atoms with Gasteiger partial charge in [-0.05, 0) is 26.0 Å². The van der Waals surface area contributed by atoms with Gasteiger partial charge < -0.3 is 30.6 Å². The van der Waals surface area contributed by atoms with E-state index in [4.69, 9.17) is 19.9 Å². The summed E-state index contributed by atoms with van der Waals surface area (Å²) in [7, 11) is 0. The lowest BCUT2D eigenvalue weighted by atomic mass is 10.1. The number of nitrogens with two attached hydrogens (primary N) is 1. The van der Waals surface area contributed by atoms with E-state index in [9.17, 15) is 4.79 Å². The first-order valence-electron chi connectivity index (χ1n) is 9.90. The maximum atomic E-state index is 12.6. The fourth-order valence-electron chi connectivity index (χ4n) is 4.11. The molecule has 1 amide bonds. The van der Waals surface area contributed by atoms with Crippen molar-refractivity contribution in [2.45, 2.75) is 44.2 Å². The summed E-state index contributed by atoms with van der Waals surface area (Å²) in [5.74, 6) is 0.148. The van der Waals surface area contributed by atoms with Crippen molar-refractivity contribution >= 4 is 17.6 Å². The van der Waals surface area contributed by atoms with Crippen LogP contribution in [-0.2, 0) is 14.2 Å². The van der Waals surface area contributed by atoms with Gasteiger partial charge in [0.05, 0.1) is 6.33 Å². The number of nitrogens with one attached hydrogen (secondary N) is 2. The van der Waals surface area contributed by atoms with Gasteiger partial charge >= 0.3 is 0 Å². The SMILES string of the molecule is CC1(C)OC2[C@@H](CN)O[C@@H](n3cnc4c3NCN=C4NC(=O)c3ccccc3)[C@H]2O1. The zero-order valence-electron chi connectivity index (χ0n) is 16.7. The van der Waals surface area contributed by atoms with Gasteiger partial charge in [-0.2, -0.15) is 0 Å². The van der Waals surface area contributed by atoms with Crippen molar-refractivity contribution in [3.8, 4) is 0 Å². The number of nitrogens with zero attached hydrogens (tertiary/aromatic N) is 3. The average Bonchev–Trinajstić information content (AvgIpc) is 3.39. The van der Waals surface area contributed by atoms with Gasteiger partial charge in [0.25, 0.3) is 5.91 Å². The second kappa shape index (κ2) is 7.17. The molecule has 158 valence electrons. The van der Waals surface area contributed by atoms with Gasteiger partial charge in [0.2, 0.25) is 0 Å². The number of fused-ring (bicyclic) bond motifs is 2. The van der Waals surface area contributed by atoms with E-state index in [-0.39, 0.29) is 24.2 Å². The molecule has 0 saturated carbocycles. The van der Waals surface area contributed by atoms with Crippen molar-refractivity contribution in [2.24, 2.45) is 10.7 Å². The molecule has 1 unspecified atom stereocenters. The molecule has 0 bridgehead atoms. The number of rotatable bonds is 3. The van der Waals surface area contributed by atoms with Crippen LogP contribution in [0.4, 0.5) is 5.82 Å². The number of amidine groups is 1. The molecule has 2 saturated heterocycles. The quantitative estimate of drug-likeness (QED) is 0.681. The number of hydrogen-bond acceptors (Lipinski definition) is 8. The third-order valence-corrected chi connectivity index (χ3v) is 5.40. The number of carbonyl (C=O) groups excluding carboxylic acids is 1. The van der Waals surface area contributed by atoms with Gasteiger partial charge in [0.15, 0.2) is 17.9 Å². The monoisotopic (exact) mass is 412 g/mol. The molecule has 10 nitrogen and oxygen atoms in total. The number of carbonyl (C=O) groups is 1. The normalized spacial score (nSPS) is 29.0. The van der Waals surface area contributed by atoms with Crippen LogP contribution in [-0.4, -0.2) is 58.6 Å². The van der Waals surface area contributed by atoms with Gasteiger partial charge in [-0.15, -0.1) is 0 Å². The van der Waals surface area contributed by atoms with Crippen LogP contribution >= 0.6 is 0 Å². The van der Waals surface area contributed by atoms with E-state index in [1.807, 2.05) is 36.6 Å². The summed E-state index contributed by atoms with van der Waals surface area (Å²) in [5.41, 5.74) is 6.99. The molecule has 3 aliphatic rings. The first-order chi connectivity index (χ1) is 14.5. The average molecular weight is 412 g/mol. The highest BCUT2D eigenvalue weighted by molar-refractivity contribution is 6.14. The van der Waals surface area contributed by atoms with Crippen LogP contribution in [0.2, 0.25) is 0 Å². The fourth-order valence-corrected chi connectivity index (χ4v) is 4.11. The Kier molecular flexibility index (Phi) is 4.58. The van der Waals surface area contributed by atoms with Crippen LogP contribution in [0, 0.1) is 0 Å². The smallest absolute Gasteiger partial charge is 0.256 e. The number of benzene rings is 1. The largest absolute Gasteiger partial charge is 0.350 e. The minimum atomic E-state index is -0.713. The molecule has 0 aliphatic carbocycles. The molecule has 4 N–H and O–H groups in total. The number of hydrogen-bond donors (Lipinski definition) is 3. The van der Waals surface area contributed by atoms with Crippen LogP contribution in [0.3, 0.4) is 0 Å². The fraction of sp³-hybridized carbons (Fsp3) is 0.450. The highest BCUT2D eigenvalue weighted by atomic mass is 16.8. The number of aliphatic imine (C=N–C) groups is 1. The van der Waals surface area contributed by atoms with Crippen molar-refractivity contribution in [3.63, 3.8) is 0 Å². The third-order valence-electron chi connectivity index (χ3n) is 5.40. The topological polar surface area (TPSA) is 125 Å². The molecular weight excluding hydrogens is 388 g/mol. The molecule has 4 atom stereocenters. The van der Waals surface area contributed by atoms with Crippen molar-refractivity contribution in [1.29, 1.82) is 0 Å². The lowest BCUT2D eigenvalue weighted by Gasteiger charge is -2.26. The Labute approximate surface area is 173 Å². The summed E-state index contributed by atoms with van der Waals surface area (Å²) >= 11 is 0. The molecule has 1 aromatic carbocycles. The molecule has 2 fully saturated rings. The van der Waals surface area contributed by atoms with E-state index >= 15 is 0 Å². The van der Waals surface area contributed by atoms with Crippen LogP contribution in [0.1, 0.15) is 36.1 Å². The highest BCUT2D eigenvalue weighted by Crippen LogP contribution is 2.44. The van der Waals surface area contributed by atoms with Crippen LogP contribution in [0.15, 0.2) is 41.7 Å². The van der Waals surface area contributed by atoms with Gasteiger partial charge in [-0.3, -0.25) is 9.36 Å². The highest BCUT2D eigenvalue weighted by Gasteiger charge is 2.55. The first kappa shape index (κ1) is 19.2. The Bertz CT molecular complexity index is 988. The maximum Gasteiger partial charge on any atom is 0.256 e. The molecule has 30 heavy (non-hydrogen) atoms. The second-order valence-electron chi connectivity index (χ2n) is 7.88. The molecule has 10 heteroatoms. The van der Waals surface area contributed by atoms with E-state index in [2.05, 4.69) is 20.6 Å². The molecule has 2 aromatic rings. The Morgan fingerprint density at radius 1 is 1.30 bits per heavy atom. The van der Waals surface area contributed by atoms with E-state index < -0.39 is 12.0 Å². The number of ether oxygens (including phenoxy) is 3. The van der Waals surface area contributed by atoms with E-state index in [0.717, 1.165) is 0 Å². The number of aromatic nitrogens is 2. The minimum Gasteiger partial charge on any atom is -0.350 e. The lowest BCUT2D eigenvalue weighted by Crippen LogP contribution is -2.35. The second-order valence-corrected chi connectivity index (χ2v) is 7.88. The first-order valence-corrected chi connectivity index (χ1v) is 9.90. The molecule has 0 spiro atoms. The molecule has 4 heterocycles. The van der Waals surface area contributed by atoms with Gasteiger partial charge in [0, 0.05) is 12.1 Å². The summed E-state index contributed by atoms with van der Waals surface area (Å²) in [6, 6.07) is 8.97. The van der Waals surface area contributed by atoms with Crippen LogP contribution in [0.25, 0.3) is 0 Å². The number of anilines is 1. The van der Waals surface area contributed by atoms with Crippen molar-refractivity contribution < 1.29 is 19.0 Å². The zero-order valence-corrected chi connectivity index (χ0v) is 16.7. The van der Waals surface area contributed by atoms with Crippen molar-refractivity contribution in [2.75, 3.05) is 18.5 Å². The Morgan fingerprint density at radius 3 is 2.83 bits per heavy atom. The Morgan fingerprint density at radius 2 is 2.07 bits per heavy atom. The Balaban J connectivity index is 1.41. The van der Waals surface area contributed by atoms with Gasteiger partial charge in [-0.1, -0.05) is 18.2 Å². The summed E-state index contributed by atoms with van der Waals surface area (Å²) in [4.78, 5) is 21.4. The summed E-state index contributed by atoms with van der Waals surface area (Å²) < 4.78 is 20.1. The van der Waals surface area contributed by atoms with E-state index in [1.54, 1.807) is 18.5 Å². The standard InChI is InChI=1S/C20H24N6O4/c1-20(2)29-14-12(8-21)28-19(15(14)30-20)26-10-24-13-16(22-9-23-17(13)26)25-18(27)11-6-4-3-5-7-11/h3-7,10,12,14-15,19,23H,8-9,21H2,1-2H3,(H,22,25,27)/t12-,14?,15+,19-/m1/s1. The van der Waals surface area contributed by atoms with Crippen molar-refractivity contribution in [3.05, 3.63) is 47.9 Å². The third kappa shape index (κ3) is 3.18. The summed E-state index contributed by atoms with van der Waals surface area (Å²) in [5, 5.41) is 6.07. The van der Waals surface area contributed by atoms with Gasteiger partial charge in [0.1, 0.15) is 36.5 Å². The maximum absolute atomic E-state index is 12.6. The molecule has 5 rings (SSSR count). The zero-order chi connectivity index (χ0) is 20.9. The van der Waals surface area contributed by atoms with E-state index in [0.29, 0.717) is 36.1 Å². The van der Waals surface area contributed by atoms with Crippen molar-refractivity contribution in [1.82, 2.24) is 14.9 Å². The lowest BCUT2D eigenvalue weighted by molar-refractivity contribution is -0.195. The molecule has 3 aliphatic heterocycles. The number of amides is 1. The molecular formula is C20H24N6O4. The predicted molar refractivity (Wildman–Crippen MR) is 108 cm³/mol. The molecule has 0 radical (unpaired) electrons. The van der Waals surface area contributed by atoms with Gasteiger partial charge in [-0.25, -0.2) is 9.98 Å².